The molecule has 0 saturated heterocycles. The molecular weight excluding hydrogens is 245 g/mol. The van der Waals surface area contributed by atoms with Gasteiger partial charge < -0.3 is 4.43 Å². The molecule has 0 amide bonds. The fourth-order valence-corrected chi connectivity index (χ4v) is 2.05. The summed E-state index contributed by atoms with van der Waals surface area (Å²) < 4.78 is 44.5. The van der Waals surface area contributed by atoms with Gasteiger partial charge in [-0.1, -0.05) is 20.8 Å². The van der Waals surface area contributed by atoms with E-state index in [-0.39, 0.29) is 10.8 Å². The van der Waals surface area contributed by atoms with Gasteiger partial charge in [0, 0.05) is 12.1 Å². The zero-order valence-electron chi connectivity index (χ0n) is 10.7. The van der Waals surface area contributed by atoms with Crippen molar-refractivity contribution in [2.24, 2.45) is 0 Å². The highest BCUT2D eigenvalue weighted by Gasteiger charge is 2.39. The SMILES string of the molecule is CC(C)(C)[Si](C)(C)Oc1cc(F)c(F)c(F)c1. The molecule has 1 aromatic rings. The highest BCUT2D eigenvalue weighted by molar-refractivity contribution is 6.74. The van der Waals surface area contributed by atoms with Gasteiger partial charge in [-0.2, -0.15) is 0 Å². The molecule has 0 aromatic heterocycles. The van der Waals surface area contributed by atoms with Gasteiger partial charge in [0.25, 0.3) is 0 Å². The number of rotatable bonds is 2. The van der Waals surface area contributed by atoms with E-state index in [1.807, 2.05) is 33.9 Å². The van der Waals surface area contributed by atoms with Gasteiger partial charge in [0.1, 0.15) is 5.75 Å². The van der Waals surface area contributed by atoms with Gasteiger partial charge in [0.05, 0.1) is 0 Å². The van der Waals surface area contributed by atoms with Crippen molar-refractivity contribution in [3.05, 3.63) is 29.6 Å². The van der Waals surface area contributed by atoms with Gasteiger partial charge in [0.15, 0.2) is 17.5 Å². The first-order valence-corrected chi connectivity index (χ1v) is 8.29. The molecule has 0 spiro atoms. The molecule has 0 bridgehead atoms. The summed E-state index contributed by atoms with van der Waals surface area (Å²) in [7, 11) is -2.16. The Morgan fingerprint density at radius 1 is 1.00 bits per heavy atom. The van der Waals surface area contributed by atoms with E-state index in [1.165, 1.54) is 0 Å². The van der Waals surface area contributed by atoms with E-state index in [2.05, 4.69) is 0 Å². The van der Waals surface area contributed by atoms with E-state index in [4.69, 9.17) is 4.43 Å². The molecule has 0 aliphatic heterocycles. The maximum atomic E-state index is 13.0. The van der Waals surface area contributed by atoms with Crippen LogP contribution in [0.4, 0.5) is 13.2 Å². The summed E-state index contributed by atoms with van der Waals surface area (Å²) in [6, 6.07) is 1.78. The monoisotopic (exact) mass is 262 g/mol. The van der Waals surface area contributed by atoms with Crippen LogP contribution in [0.3, 0.4) is 0 Å². The first kappa shape index (κ1) is 14.1. The molecule has 1 aromatic carbocycles. The lowest BCUT2D eigenvalue weighted by Gasteiger charge is -2.36. The van der Waals surface area contributed by atoms with E-state index in [0.717, 1.165) is 12.1 Å². The Morgan fingerprint density at radius 3 is 1.76 bits per heavy atom. The Labute approximate surface area is 101 Å². The number of benzene rings is 1. The lowest BCUT2D eigenvalue weighted by Crippen LogP contribution is -2.43. The molecule has 96 valence electrons. The molecule has 0 radical (unpaired) electrons. The fourth-order valence-electron chi connectivity index (χ4n) is 1.04. The van der Waals surface area contributed by atoms with Crippen LogP contribution in [0.1, 0.15) is 20.8 Å². The third-order valence-electron chi connectivity index (χ3n) is 3.14. The Morgan fingerprint density at radius 2 is 1.41 bits per heavy atom. The maximum Gasteiger partial charge on any atom is 0.250 e. The van der Waals surface area contributed by atoms with E-state index in [0.29, 0.717) is 0 Å². The van der Waals surface area contributed by atoms with Crippen LogP contribution in [0.15, 0.2) is 12.1 Å². The lowest BCUT2D eigenvalue weighted by molar-refractivity contribution is 0.429. The molecule has 0 aliphatic rings. The second-order valence-corrected chi connectivity index (χ2v) is 10.3. The lowest BCUT2D eigenvalue weighted by atomic mass is 10.2. The number of hydrogen-bond donors (Lipinski definition) is 0. The van der Waals surface area contributed by atoms with Crippen molar-refractivity contribution in [3.8, 4) is 5.75 Å². The minimum atomic E-state index is -2.16. The summed E-state index contributed by atoms with van der Waals surface area (Å²) in [4.78, 5) is 0. The van der Waals surface area contributed by atoms with Crippen molar-refractivity contribution in [1.82, 2.24) is 0 Å². The van der Waals surface area contributed by atoms with E-state index in [9.17, 15) is 13.2 Å². The molecular formula is C12H17F3OSi. The van der Waals surface area contributed by atoms with Gasteiger partial charge in [-0.25, -0.2) is 13.2 Å². The van der Waals surface area contributed by atoms with E-state index in [1.54, 1.807) is 0 Å². The molecule has 0 aliphatic carbocycles. The normalized spacial score (nSPS) is 12.7. The van der Waals surface area contributed by atoms with Crippen molar-refractivity contribution in [3.63, 3.8) is 0 Å². The first-order chi connectivity index (χ1) is 7.54. The van der Waals surface area contributed by atoms with Crippen LogP contribution in [0.2, 0.25) is 18.1 Å². The van der Waals surface area contributed by atoms with Gasteiger partial charge in [-0.05, 0) is 18.1 Å². The quantitative estimate of drug-likeness (QED) is 0.563. The average molecular weight is 262 g/mol. The summed E-state index contributed by atoms with van der Waals surface area (Å²) in [5.41, 5.74) is 0. The highest BCUT2D eigenvalue weighted by atomic mass is 28.4. The average Bonchev–Trinajstić information content (AvgIpc) is 2.11. The van der Waals surface area contributed by atoms with Crippen molar-refractivity contribution in [1.29, 1.82) is 0 Å². The summed E-state index contributed by atoms with van der Waals surface area (Å²) in [6.45, 7) is 9.93. The van der Waals surface area contributed by atoms with E-state index < -0.39 is 25.8 Å². The summed E-state index contributed by atoms with van der Waals surface area (Å²) >= 11 is 0. The van der Waals surface area contributed by atoms with Crippen LogP contribution >= 0.6 is 0 Å². The van der Waals surface area contributed by atoms with Crippen LogP contribution in [0.5, 0.6) is 5.75 Å². The van der Waals surface area contributed by atoms with Gasteiger partial charge >= 0.3 is 0 Å². The summed E-state index contributed by atoms with van der Waals surface area (Å²) in [6.07, 6.45) is 0. The van der Waals surface area contributed by atoms with Crippen LogP contribution in [0.25, 0.3) is 0 Å². The molecule has 0 fully saturated rings. The van der Waals surface area contributed by atoms with Crippen molar-refractivity contribution >= 4 is 8.32 Å². The smallest absolute Gasteiger partial charge is 0.250 e. The van der Waals surface area contributed by atoms with Crippen molar-refractivity contribution in [2.75, 3.05) is 0 Å². The molecule has 17 heavy (non-hydrogen) atoms. The summed E-state index contributed by atoms with van der Waals surface area (Å²) in [5, 5.41) is -0.0889. The van der Waals surface area contributed by atoms with E-state index >= 15 is 0 Å². The van der Waals surface area contributed by atoms with Crippen molar-refractivity contribution < 1.29 is 17.6 Å². The molecule has 0 N–H and O–H groups in total. The van der Waals surface area contributed by atoms with Gasteiger partial charge in [-0.15, -0.1) is 0 Å². The Kier molecular flexibility index (Phi) is 3.62. The zero-order chi connectivity index (χ0) is 13.4. The molecule has 1 nitrogen and oxygen atoms in total. The molecule has 0 heterocycles. The maximum absolute atomic E-state index is 13.0. The van der Waals surface area contributed by atoms with Crippen LogP contribution in [-0.2, 0) is 0 Å². The predicted molar refractivity (Wildman–Crippen MR) is 64.1 cm³/mol. The Hall–Kier alpha value is -0.973. The third-order valence-corrected chi connectivity index (χ3v) is 7.49. The topological polar surface area (TPSA) is 9.23 Å². The molecule has 0 unspecified atom stereocenters. The number of hydrogen-bond acceptors (Lipinski definition) is 1. The second-order valence-electron chi connectivity index (χ2n) is 5.56. The van der Waals surface area contributed by atoms with Gasteiger partial charge in [-0.3, -0.25) is 0 Å². The third kappa shape index (κ3) is 3.03. The predicted octanol–water partition coefficient (Wildman–Crippen LogP) is 4.49. The fraction of sp³-hybridized carbons (Fsp3) is 0.500. The zero-order valence-corrected chi connectivity index (χ0v) is 11.7. The van der Waals surface area contributed by atoms with Crippen LogP contribution in [0, 0.1) is 17.5 Å². The van der Waals surface area contributed by atoms with Crippen LogP contribution < -0.4 is 4.43 Å². The second kappa shape index (κ2) is 4.36. The minimum absolute atomic E-state index is 0.0491. The largest absolute Gasteiger partial charge is 0.543 e. The van der Waals surface area contributed by atoms with Crippen molar-refractivity contribution in [2.45, 2.75) is 38.9 Å². The molecule has 0 atom stereocenters. The minimum Gasteiger partial charge on any atom is -0.543 e. The molecule has 0 saturated carbocycles. The number of halogens is 3. The summed E-state index contributed by atoms with van der Waals surface area (Å²) in [5.74, 6) is -3.86. The highest BCUT2D eigenvalue weighted by Crippen LogP contribution is 2.37. The Bertz CT molecular complexity index is 401. The molecule has 1 rings (SSSR count). The standard InChI is InChI=1S/C12H17F3OSi/c1-12(2,3)17(4,5)16-8-6-9(13)11(15)10(14)7-8/h6-7H,1-5H3. The Balaban J connectivity index is 3.05. The first-order valence-electron chi connectivity index (χ1n) is 5.38. The molecule has 5 heteroatoms. The van der Waals surface area contributed by atoms with Crippen LogP contribution in [-0.4, -0.2) is 8.32 Å². The van der Waals surface area contributed by atoms with Gasteiger partial charge in [0.2, 0.25) is 8.32 Å².